The second kappa shape index (κ2) is 13.8. The van der Waals surface area contributed by atoms with Crippen LogP contribution >= 0.6 is 0 Å². The quantitative estimate of drug-likeness (QED) is 0.501. The van der Waals surface area contributed by atoms with Crippen LogP contribution in [-0.4, -0.2) is 46.2 Å². The lowest BCUT2D eigenvalue weighted by atomic mass is 10.2. The summed E-state index contributed by atoms with van der Waals surface area (Å²) in [6.45, 7) is 6.98. The molecule has 0 aromatic carbocycles. The summed E-state index contributed by atoms with van der Waals surface area (Å²) in [5.41, 5.74) is 5.38. The fourth-order valence-electron chi connectivity index (χ4n) is 1.11. The van der Waals surface area contributed by atoms with E-state index in [-0.39, 0.29) is 0 Å². The molecule has 0 fully saturated rings. The maximum Gasteiger partial charge on any atom is 0.0701 e. The Labute approximate surface area is 93.1 Å². The Bertz CT molecular complexity index is 100. The lowest BCUT2D eigenvalue weighted by Crippen LogP contribution is -2.09. The van der Waals surface area contributed by atoms with Crippen molar-refractivity contribution in [3.05, 3.63) is 0 Å². The molecule has 92 valence electrons. The van der Waals surface area contributed by atoms with Crippen molar-refractivity contribution in [2.24, 2.45) is 5.73 Å². The van der Waals surface area contributed by atoms with Gasteiger partial charge < -0.3 is 19.9 Å². The van der Waals surface area contributed by atoms with Crippen LogP contribution < -0.4 is 5.73 Å². The highest BCUT2D eigenvalue weighted by Crippen LogP contribution is 1.93. The molecule has 0 atom stereocenters. The van der Waals surface area contributed by atoms with Gasteiger partial charge in [0.1, 0.15) is 0 Å². The van der Waals surface area contributed by atoms with Gasteiger partial charge in [0.15, 0.2) is 0 Å². The predicted molar refractivity (Wildman–Crippen MR) is 61.0 cm³/mol. The van der Waals surface area contributed by atoms with Gasteiger partial charge in [-0.05, 0) is 32.7 Å². The van der Waals surface area contributed by atoms with Gasteiger partial charge in [0.25, 0.3) is 0 Å². The first kappa shape index (κ1) is 14.8. The molecule has 0 aliphatic rings. The zero-order valence-electron chi connectivity index (χ0n) is 9.87. The normalized spacial score (nSPS) is 10.8. The van der Waals surface area contributed by atoms with E-state index in [9.17, 15) is 0 Å². The number of hydrogen-bond donors (Lipinski definition) is 1. The van der Waals surface area contributed by atoms with E-state index in [1.165, 1.54) is 0 Å². The summed E-state index contributed by atoms with van der Waals surface area (Å²) in [5, 5.41) is 0. The van der Waals surface area contributed by atoms with Crippen LogP contribution in [-0.2, 0) is 14.2 Å². The molecule has 0 unspecified atom stereocenters. The lowest BCUT2D eigenvalue weighted by molar-refractivity contribution is 0.0163. The van der Waals surface area contributed by atoms with Crippen molar-refractivity contribution in [1.82, 2.24) is 0 Å². The van der Waals surface area contributed by atoms with Crippen LogP contribution in [0.2, 0.25) is 0 Å². The fraction of sp³-hybridized carbons (Fsp3) is 1.00. The SMILES string of the molecule is CCOCCOCCOCCCCCN. The minimum Gasteiger partial charge on any atom is -0.379 e. The topological polar surface area (TPSA) is 53.7 Å². The third-order valence-corrected chi connectivity index (χ3v) is 1.94. The molecule has 0 heterocycles. The molecule has 0 radical (unpaired) electrons. The van der Waals surface area contributed by atoms with E-state index in [1.54, 1.807) is 0 Å². The van der Waals surface area contributed by atoms with E-state index in [0.29, 0.717) is 26.4 Å². The summed E-state index contributed by atoms with van der Waals surface area (Å²) in [6, 6.07) is 0. The van der Waals surface area contributed by atoms with Gasteiger partial charge >= 0.3 is 0 Å². The molecule has 0 aromatic rings. The average molecular weight is 219 g/mol. The summed E-state index contributed by atoms with van der Waals surface area (Å²) in [7, 11) is 0. The molecule has 0 spiro atoms. The van der Waals surface area contributed by atoms with Gasteiger partial charge in [-0.15, -0.1) is 0 Å². The maximum atomic E-state index is 5.38. The van der Waals surface area contributed by atoms with E-state index >= 15 is 0 Å². The molecular formula is C11H25NO3. The van der Waals surface area contributed by atoms with Gasteiger partial charge in [-0.3, -0.25) is 0 Å². The van der Waals surface area contributed by atoms with Crippen molar-refractivity contribution in [3.8, 4) is 0 Å². The van der Waals surface area contributed by atoms with Crippen LogP contribution in [0.5, 0.6) is 0 Å². The maximum absolute atomic E-state index is 5.38. The second-order valence-corrected chi connectivity index (χ2v) is 3.27. The molecule has 4 nitrogen and oxygen atoms in total. The standard InChI is InChI=1S/C11H25NO3/c1-2-13-8-9-15-11-10-14-7-5-3-4-6-12/h2-12H2,1H3. The molecule has 0 amide bonds. The van der Waals surface area contributed by atoms with Gasteiger partial charge in [0.2, 0.25) is 0 Å². The smallest absolute Gasteiger partial charge is 0.0701 e. The highest BCUT2D eigenvalue weighted by atomic mass is 16.5. The van der Waals surface area contributed by atoms with E-state index in [1.807, 2.05) is 6.92 Å². The van der Waals surface area contributed by atoms with Crippen LogP contribution in [0.1, 0.15) is 26.2 Å². The number of nitrogens with two attached hydrogens (primary N) is 1. The molecule has 0 saturated carbocycles. The lowest BCUT2D eigenvalue weighted by Gasteiger charge is -2.05. The zero-order chi connectivity index (χ0) is 11.2. The van der Waals surface area contributed by atoms with Gasteiger partial charge in [0.05, 0.1) is 26.4 Å². The third kappa shape index (κ3) is 13.8. The number of unbranched alkanes of at least 4 members (excludes halogenated alkanes) is 2. The Morgan fingerprint density at radius 3 is 1.93 bits per heavy atom. The van der Waals surface area contributed by atoms with Crippen LogP contribution in [0.15, 0.2) is 0 Å². The highest BCUT2D eigenvalue weighted by molar-refractivity contribution is 4.41. The first-order chi connectivity index (χ1) is 7.41. The summed E-state index contributed by atoms with van der Waals surface area (Å²) in [6.07, 6.45) is 3.34. The second-order valence-electron chi connectivity index (χ2n) is 3.27. The summed E-state index contributed by atoms with van der Waals surface area (Å²) < 4.78 is 15.8. The molecular weight excluding hydrogens is 194 g/mol. The predicted octanol–water partition coefficient (Wildman–Crippen LogP) is 1.19. The largest absolute Gasteiger partial charge is 0.379 e. The van der Waals surface area contributed by atoms with Gasteiger partial charge in [-0.2, -0.15) is 0 Å². The Hall–Kier alpha value is -0.160. The van der Waals surface area contributed by atoms with Crippen molar-refractivity contribution >= 4 is 0 Å². The van der Waals surface area contributed by atoms with E-state index in [4.69, 9.17) is 19.9 Å². The van der Waals surface area contributed by atoms with Crippen molar-refractivity contribution in [2.75, 3.05) is 46.2 Å². The monoisotopic (exact) mass is 219 g/mol. The van der Waals surface area contributed by atoms with Crippen molar-refractivity contribution in [2.45, 2.75) is 26.2 Å². The number of rotatable bonds is 12. The van der Waals surface area contributed by atoms with Gasteiger partial charge in [-0.25, -0.2) is 0 Å². The summed E-state index contributed by atoms with van der Waals surface area (Å²) in [5.74, 6) is 0. The van der Waals surface area contributed by atoms with Crippen molar-refractivity contribution in [1.29, 1.82) is 0 Å². The molecule has 15 heavy (non-hydrogen) atoms. The Morgan fingerprint density at radius 2 is 1.33 bits per heavy atom. The molecule has 0 aromatic heterocycles. The van der Waals surface area contributed by atoms with Gasteiger partial charge in [-0.1, -0.05) is 0 Å². The van der Waals surface area contributed by atoms with Gasteiger partial charge in [0, 0.05) is 13.2 Å². The van der Waals surface area contributed by atoms with E-state index < -0.39 is 0 Å². The van der Waals surface area contributed by atoms with E-state index in [0.717, 1.165) is 39.0 Å². The van der Waals surface area contributed by atoms with Crippen molar-refractivity contribution in [3.63, 3.8) is 0 Å². The van der Waals surface area contributed by atoms with Crippen LogP contribution in [0.25, 0.3) is 0 Å². The van der Waals surface area contributed by atoms with E-state index in [2.05, 4.69) is 0 Å². The van der Waals surface area contributed by atoms with Crippen LogP contribution in [0, 0.1) is 0 Å². The molecule has 0 saturated heterocycles. The molecule has 2 N–H and O–H groups in total. The third-order valence-electron chi connectivity index (χ3n) is 1.94. The highest BCUT2D eigenvalue weighted by Gasteiger charge is 1.91. The summed E-state index contributed by atoms with van der Waals surface area (Å²) in [4.78, 5) is 0. The van der Waals surface area contributed by atoms with Crippen LogP contribution in [0.3, 0.4) is 0 Å². The average Bonchev–Trinajstić information content (AvgIpc) is 2.26. The molecule has 0 aliphatic carbocycles. The first-order valence-corrected chi connectivity index (χ1v) is 5.85. The Morgan fingerprint density at radius 1 is 0.733 bits per heavy atom. The fourth-order valence-corrected chi connectivity index (χ4v) is 1.11. The number of ether oxygens (including phenoxy) is 3. The number of hydrogen-bond acceptors (Lipinski definition) is 4. The Balaban J connectivity index is 2.81. The molecule has 0 rings (SSSR count). The molecule has 4 heteroatoms. The van der Waals surface area contributed by atoms with Crippen molar-refractivity contribution < 1.29 is 14.2 Å². The first-order valence-electron chi connectivity index (χ1n) is 5.85. The van der Waals surface area contributed by atoms with Crippen LogP contribution in [0.4, 0.5) is 0 Å². The minimum atomic E-state index is 0.657. The Kier molecular flexibility index (Phi) is 13.7. The molecule has 0 bridgehead atoms. The summed E-state index contributed by atoms with van der Waals surface area (Å²) >= 11 is 0. The zero-order valence-corrected chi connectivity index (χ0v) is 9.87. The molecule has 0 aliphatic heterocycles. The minimum absolute atomic E-state index is 0.657.